The van der Waals surface area contributed by atoms with E-state index in [0.717, 1.165) is 30.3 Å². The number of carbonyl (C=O) groups excluding carboxylic acids is 2. The lowest BCUT2D eigenvalue weighted by Gasteiger charge is -2.37. The van der Waals surface area contributed by atoms with Crippen LogP contribution < -0.4 is 10.6 Å². The highest BCUT2D eigenvalue weighted by Crippen LogP contribution is 2.20. The molecule has 8 heteroatoms. The van der Waals surface area contributed by atoms with Crippen LogP contribution in [-0.4, -0.2) is 72.1 Å². The zero-order chi connectivity index (χ0) is 16.2. The molecule has 3 rings (SSSR count). The van der Waals surface area contributed by atoms with E-state index in [9.17, 15) is 9.59 Å². The first-order valence-electron chi connectivity index (χ1n) is 7.64. The molecule has 2 fully saturated rings. The van der Waals surface area contributed by atoms with Crippen LogP contribution in [0.15, 0.2) is 18.3 Å². The number of nitrogens with zero attached hydrogens (tertiary/aromatic N) is 3. The number of hydrogen-bond acceptors (Lipinski definition) is 6. The van der Waals surface area contributed by atoms with Crippen molar-refractivity contribution in [2.24, 2.45) is 5.73 Å². The molecule has 2 saturated heterocycles. The monoisotopic (exact) mass is 336 g/mol. The van der Waals surface area contributed by atoms with Gasteiger partial charge in [0.2, 0.25) is 0 Å². The summed E-state index contributed by atoms with van der Waals surface area (Å²) in [5.41, 5.74) is 6.34. The van der Waals surface area contributed by atoms with E-state index in [4.69, 9.17) is 10.5 Å². The third-order valence-electron chi connectivity index (χ3n) is 4.03. The number of rotatable bonds is 3. The minimum absolute atomic E-state index is 0.0548. The fraction of sp³-hybridized carbons (Fsp3) is 0.533. The molecule has 0 radical (unpaired) electrons. The van der Waals surface area contributed by atoms with Gasteiger partial charge in [0.25, 0.3) is 11.8 Å². The summed E-state index contributed by atoms with van der Waals surface area (Å²) in [5, 5.41) is 0. The highest BCUT2D eigenvalue weighted by atomic mass is 32.2. The Bertz CT molecular complexity index is 592. The molecule has 1 aromatic heterocycles. The maximum absolute atomic E-state index is 12.6. The fourth-order valence-electron chi connectivity index (χ4n) is 2.77. The number of ether oxygens (including phenoxy) is 1. The van der Waals surface area contributed by atoms with Gasteiger partial charge in [0, 0.05) is 43.0 Å². The third kappa shape index (κ3) is 3.76. The lowest BCUT2D eigenvalue weighted by molar-refractivity contribution is -0.144. The first kappa shape index (κ1) is 16.1. The summed E-state index contributed by atoms with van der Waals surface area (Å²) in [6, 6.07) is 3.48. The molecule has 7 nitrogen and oxygen atoms in total. The SMILES string of the molecule is NC(=O)c1cc(N2CCOC(C(=O)N3CCSCC3)C2)ccn1. The Kier molecular flexibility index (Phi) is 5.02. The zero-order valence-corrected chi connectivity index (χ0v) is 13.6. The molecule has 1 atom stereocenters. The smallest absolute Gasteiger partial charge is 0.267 e. The van der Waals surface area contributed by atoms with Gasteiger partial charge < -0.3 is 20.3 Å². The van der Waals surface area contributed by atoms with Gasteiger partial charge in [-0.3, -0.25) is 14.6 Å². The molecule has 3 heterocycles. The molecular weight excluding hydrogens is 316 g/mol. The average Bonchev–Trinajstić information content (AvgIpc) is 2.62. The van der Waals surface area contributed by atoms with E-state index in [1.54, 1.807) is 12.3 Å². The number of nitrogens with two attached hydrogens (primary N) is 1. The number of aromatic nitrogens is 1. The predicted molar refractivity (Wildman–Crippen MR) is 88.6 cm³/mol. The largest absolute Gasteiger partial charge is 0.366 e. The van der Waals surface area contributed by atoms with Crippen molar-refractivity contribution in [3.63, 3.8) is 0 Å². The summed E-state index contributed by atoms with van der Waals surface area (Å²) in [4.78, 5) is 31.7. The molecule has 2 aliphatic rings. The number of amides is 2. The molecule has 0 aromatic carbocycles. The molecular formula is C15H20N4O3S. The van der Waals surface area contributed by atoms with Crippen LogP contribution in [0, 0.1) is 0 Å². The van der Waals surface area contributed by atoms with E-state index < -0.39 is 12.0 Å². The first-order valence-corrected chi connectivity index (χ1v) is 8.79. The Labute approximate surface area is 139 Å². The lowest BCUT2D eigenvalue weighted by Crippen LogP contribution is -2.52. The summed E-state index contributed by atoms with van der Waals surface area (Å²) < 4.78 is 5.68. The van der Waals surface area contributed by atoms with Gasteiger partial charge in [-0.1, -0.05) is 0 Å². The molecule has 0 spiro atoms. The van der Waals surface area contributed by atoms with Gasteiger partial charge in [-0.2, -0.15) is 11.8 Å². The summed E-state index contributed by atoms with van der Waals surface area (Å²) in [5.74, 6) is 1.46. The Balaban J connectivity index is 1.69. The lowest BCUT2D eigenvalue weighted by atomic mass is 10.2. The van der Waals surface area contributed by atoms with Crippen LogP contribution in [0.3, 0.4) is 0 Å². The van der Waals surface area contributed by atoms with Crippen LogP contribution in [0.1, 0.15) is 10.5 Å². The van der Waals surface area contributed by atoms with Gasteiger partial charge in [0.1, 0.15) is 5.69 Å². The van der Waals surface area contributed by atoms with E-state index in [-0.39, 0.29) is 11.6 Å². The Morgan fingerprint density at radius 1 is 1.30 bits per heavy atom. The molecule has 0 bridgehead atoms. The first-order chi connectivity index (χ1) is 11.1. The minimum Gasteiger partial charge on any atom is -0.366 e. The Hall–Kier alpha value is -1.80. The number of thioether (sulfide) groups is 1. The van der Waals surface area contributed by atoms with Crippen LogP contribution in [0.5, 0.6) is 0 Å². The molecule has 1 aromatic rings. The number of pyridine rings is 1. The van der Waals surface area contributed by atoms with E-state index in [0.29, 0.717) is 19.7 Å². The van der Waals surface area contributed by atoms with Crippen LogP contribution in [-0.2, 0) is 9.53 Å². The quantitative estimate of drug-likeness (QED) is 0.833. The Morgan fingerprint density at radius 3 is 2.83 bits per heavy atom. The van der Waals surface area contributed by atoms with Crippen LogP contribution >= 0.6 is 11.8 Å². The second-order valence-electron chi connectivity index (χ2n) is 5.51. The number of hydrogen-bond donors (Lipinski definition) is 1. The fourth-order valence-corrected chi connectivity index (χ4v) is 3.67. The zero-order valence-electron chi connectivity index (χ0n) is 12.8. The predicted octanol–water partition coefficient (Wildman–Crippen LogP) is -0.0389. The molecule has 2 amide bonds. The molecule has 1 unspecified atom stereocenters. The van der Waals surface area contributed by atoms with Crippen LogP contribution in [0.4, 0.5) is 5.69 Å². The van der Waals surface area contributed by atoms with Gasteiger partial charge in [0.05, 0.1) is 13.2 Å². The van der Waals surface area contributed by atoms with E-state index in [2.05, 4.69) is 4.98 Å². The minimum atomic E-state index is -0.557. The second-order valence-corrected chi connectivity index (χ2v) is 6.73. The van der Waals surface area contributed by atoms with Crippen molar-refractivity contribution in [3.05, 3.63) is 24.0 Å². The van der Waals surface area contributed by atoms with E-state index in [1.165, 1.54) is 0 Å². The summed E-state index contributed by atoms with van der Waals surface area (Å²) >= 11 is 1.87. The van der Waals surface area contributed by atoms with Gasteiger partial charge in [-0.15, -0.1) is 0 Å². The average molecular weight is 336 g/mol. The number of primary amides is 1. The number of morpholine rings is 1. The van der Waals surface area contributed by atoms with Crippen molar-refractivity contribution in [1.29, 1.82) is 0 Å². The van der Waals surface area contributed by atoms with Gasteiger partial charge in [0.15, 0.2) is 6.10 Å². The second kappa shape index (κ2) is 7.18. The topological polar surface area (TPSA) is 88.8 Å². The van der Waals surface area contributed by atoms with Crippen molar-refractivity contribution in [2.45, 2.75) is 6.10 Å². The number of anilines is 1. The maximum Gasteiger partial charge on any atom is 0.267 e. The third-order valence-corrected chi connectivity index (χ3v) is 4.97. The summed E-state index contributed by atoms with van der Waals surface area (Å²) in [6.45, 7) is 3.19. The van der Waals surface area contributed by atoms with Crippen molar-refractivity contribution in [2.75, 3.05) is 49.2 Å². The standard InChI is InChI=1S/C15H20N4O3S/c16-14(20)12-9-11(1-2-17-12)19-3-6-22-13(10-19)15(21)18-4-7-23-8-5-18/h1-2,9,13H,3-8,10H2,(H2,16,20). The molecule has 124 valence electrons. The normalized spacial score (nSPS) is 22.0. The van der Waals surface area contributed by atoms with Crippen molar-refractivity contribution < 1.29 is 14.3 Å². The summed E-state index contributed by atoms with van der Waals surface area (Å²) in [7, 11) is 0. The molecule has 2 aliphatic heterocycles. The van der Waals surface area contributed by atoms with Gasteiger partial charge >= 0.3 is 0 Å². The highest BCUT2D eigenvalue weighted by molar-refractivity contribution is 7.99. The summed E-state index contributed by atoms with van der Waals surface area (Å²) in [6.07, 6.45) is 1.10. The van der Waals surface area contributed by atoms with E-state index >= 15 is 0 Å². The maximum atomic E-state index is 12.6. The van der Waals surface area contributed by atoms with Crippen molar-refractivity contribution >= 4 is 29.3 Å². The van der Waals surface area contributed by atoms with E-state index in [1.807, 2.05) is 27.6 Å². The Morgan fingerprint density at radius 2 is 2.09 bits per heavy atom. The van der Waals surface area contributed by atoms with Gasteiger partial charge in [-0.25, -0.2) is 0 Å². The van der Waals surface area contributed by atoms with Crippen LogP contribution in [0.25, 0.3) is 0 Å². The molecule has 23 heavy (non-hydrogen) atoms. The number of carbonyl (C=O) groups is 2. The molecule has 0 saturated carbocycles. The van der Waals surface area contributed by atoms with Crippen molar-refractivity contribution in [1.82, 2.24) is 9.88 Å². The van der Waals surface area contributed by atoms with Crippen LogP contribution in [0.2, 0.25) is 0 Å². The molecule has 2 N–H and O–H groups in total. The molecule has 0 aliphatic carbocycles. The van der Waals surface area contributed by atoms with Crippen molar-refractivity contribution in [3.8, 4) is 0 Å². The van der Waals surface area contributed by atoms with Gasteiger partial charge in [-0.05, 0) is 12.1 Å². The highest BCUT2D eigenvalue weighted by Gasteiger charge is 2.31.